The zero-order valence-electron chi connectivity index (χ0n) is 17.1. The summed E-state index contributed by atoms with van der Waals surface area (Å²) in [6.07, 6.45) is 0. The summed E-state index contributed by atoms with van der Waals surface area (Å²) in [5.41, 5.74) is 1.40. The molecule has 8 nitrogen and oxygen atoms in total. The quantitative estimate of drug-likeness (QED) is 0.374. The maximum absolute atomic E-state index is 12.2. The van der Waals surface area contributed by atoms with Gasteiger partial charge in [0.25, 0.3) is 17.7 Å². The summed E-state index contributed by atoms with van der Waals surface area (Å²) in [7, 11) is 0. The van der Waals surface area contributed by atoms with Crippen LogP contribution in [0.5, 0.6) is 0 Å². The first-order chi connectivity index (χ1) is 15.5. The Morgan fingerprint density at radius 3 is 1.94 bits per heavy atom. The van der Waals surface area contributed by atoms with Gasteiger partial charge in [-0.25, -0.2) is 0 Å². The van der Waals surface area contributed by atoms with Crippen molar-refractivity contribution < 1.29 is 19.2 Å². The molecule has 0 bridgehead atoms. The number of anilines is 1. The Kier molecular flexibility index (Phi) is 8.10. The fourth-order valence-corrected chi connectivity index (χ4v) is 3.35. The summed E-state index contributed by atoms with van der Waals surface area (Å²) in [6.45, 7) is 0.425. The van der Waals surface area contributed by atoms with E-state index < -0.39 is 0 Å². The maximum atomic E-state index is 12.2. The van der Waals surface area contributed by atoms with Crippen LogP contribution in [0.1, 0.15) is 30.4 Å². The highest BCUT2D eigenvalue weighted by Gasteiger charge is 2.10. The molecule has 3 aromatic rings. The normalized spacial score (nSPS) is 10.1. The number of carbonyl (C=O) groups excluding carboxylic acids is 4. The number of benzene rings is 2. The third-order valence-electron chi connectivity index (χ3n) is 4.32. The first-order valence-corrected chi connectivity index (χ1v) is 10.7. The second kappa shape index (κ2) is 11.4. The van der Waals surface area contributed by atoms with Crippen LogP contribution in [0.2, 0.25) is 0 Å². The molecule has 32 heavy (non-hydrogen) atoms. The predicted octanol–water partition coefficient (Wildman–Crippen LogP) is 2.28. The fourth-order valence-electron chi connectivity index (χ4n) is 2.71. The van der Waals surface area contributed by atoms with Gasteiger partial charge in [-0.1, -0.05) is 24.3 Å². The van der Waals surface area contributed by atoms with Crippen molar-refractivity contribution in [3.05, 3.63) is 88.1 Å². The van der Waals surface area contributed by atoms with Crippen LogP contribution in [0.15, 0.2) is 72.1 Å². The van der Waals surface area contributed by atoms with Crippen molar-refractivity contribution in [2.75, 3.05) is 25.0 Å². The van der Waals surface area contributed by atoms with Gasteiger partial charge in [-0.2, -0.15) is 0 Å². The lowest BCUT2D eigenvalue weighted by molar-refractivity contribution is -0.115. The average molecular weight is 451 g/mol. The predicted molar refractivity (Wildman–Crippen MR) is 123 cm³/mol. The number of carbonyl (C=O) groups is 4. The first kappa shape index (κ1) is 22.7. The van der Waals surface area contributed by atoms with Crippen LogP contribution in [-0.2, 0) is 4.79 Å². The van der Waals surface area contributed by atoms with Crippen LogP contribution in [0.4, 0.5) is 5.69 Å². The smallest absolute Gasteiger partial charge is 0.261 e. The molecule has 0 aliphatic rings. The van der Waals surface area contributed by atoms with E-state index in [0.717, 1.165) is 0 Å². The van der Waals surface area contributed by atoms with Gasteiger partial charge in [-0.3, -0.25) is 19.2 Å². The lowest BCUT2D eigenvalue weighted by Gasteiger charge is -2.09. The summed E-state index contributed by atoms with van der Waals surface area (Å²) in [6, 6.07) is 18.5. The standard InChI is InChI=1S/C23H22N4O4S/c28-20(15-26-22(30)16-5-2-1-3-6-16)27-18-10-8-17(9-11-18)21(29)24-12-13-25-23(31)19-7-4-14-32-19/h1-11,14H,12-13,15H2,(H,24,29)(H,25,31)(H,26,30)(H,27,28). The zero-order chi connectivity index (χ0) is 22.8. The molecule has 4 amide bonds. The van der Waals surface area contributed by atoms with Crippen molar-refractivity contribution in [3.8, 4) is 0 Å². The maximum Gasteiger partial charge on any atom is 0.261 e. The van der Waals surface area contributed by atoms with Gasteiger partial charge in [0.15, 0.2) is 0 Å². The van der Waals surface area contributed by atoms with Crippen LogP contribution in [0.3, 0.4) is 0 Å². The Labute approximate surface area is 189 Å². The Morgan fingerprint density at radius 2 is 1.28 bits per heavy atom. The molecule has 9 heteroatoms. The van der Waals surface area contributed by atoms with E-state index in [-0.39, 0.29) is 36.7 Å². The molecule has 2 aromatic carbocycles. The SMILES string of the molecule is O=C(CNC(=O)c1ccccc1)Nc1ccc(C(=O)NCCNC(=O)c2cccs2)cc1. The Hall–Kier alpha value is -3.98. The second-order valence-electron chi connectivity index (χ2n) is 6.66. The lowest BCUT2D eigenvalue weighted by atomic mass is 10.2. The first-order valence-electron chi connectivity index (χ1n) is 9.86. The van der Waals surface area contributed by atoms with E-state index in [4.69, 9.17) is 0 Å². The van der Waals surface area contributed by atoms with Crippen LogP contribution < -0.4 is 21.3 Å². The largest absolute Gasteiger partial charge is 0.350 e. The van der Waals surface area contributed by atoms with Crippen molar-refractivity contribution in [2.45, 2.75) is 0 Å². The van der Waals surface area contributed by atoms with Gasteiger partial charge in [0.05, 0.1) is 11.4 Å². The summed E-state index contributed by atoms with van der Waals surface area (Å²) in [5.74, 6) is -1.18. The summed E-state index contributed by atoms with van der Waals surface area (Å²) in [4.78, 5) is 48.7. The van der Waals surface area contributed by atoms with E-state index >= 15 is 0 Å². The van der Waals surface area contributed by atoms with Gasteiger partial charge in [-0.15, -0.1) is 11.3 Å². The van der Waals surface area contributed by atoms with Crippen LogP contribution in [0.25, 0.3) is 0 Å². The molecule has 3 rings (SSSR count). The number of amides is 4. The third-order valence-corrected chi connectivity index (χ3v) is 5.19. The highest BCUT2D eigenvalue weighted by Crippen LogP contribution is 2.10. The molecule has 0 unspecified atom stereocenters. The molecule has 164 valence electrons. The molecule has 0 saturated heterocycles. The van der Waals surface area contributed by atoms with Gasteiger partial charge >= 0.3 is 0 Å². The molecule has 0 atom stereocenters. The molecule has 4 N–H and O–H groups in total. The summed E-state index contributed by atoms with van der Waals surface area (Å²) in [5, 5.41) is 12.5. The van der Waals surface area contributed by atoms with Gasteiger partial charge in [0, 0.05) is 29.9 Å². The molecule has 1 heterocycles. The highest BCUT2D eigenvalue weighted by molar-refractivity contribution is 7.12. The topological polar surface area (TPSA) is 116 Å². The van der Waals surface area contributed by atoms with E-state index in [0.29, 0.717) is 28.2 Å². The molecule has 0 aliphatic carbocycles. The Morgan fingerprint density at radius 1 is 0.656 bits per heavy atom. The molecule has 0 spiro atoms. The summed E-state index contributed by atoms with van der Waals surface area (Å²) < 4.78 is 0. The van der Waals surface area contributed by atoms with Crippen molar-refractivity contribution >= 4 is 40.7 Å². The summed E-state index contributed by atoms with van der Waals surface area (Å²) >= 11 is 1.35. The van der Waals surface area contributed by atoms with Crippen LogP contribution in [0, 0.1) is 0 Å². The molecular formula is C23H22N4O4S. The minimum atomic E-state index is -0.382. The highest BCUT2D eigenvalue weighted by atomic mass is 32.1. The third kappa shape index (κ3) is 6.78. The van der Waals surface area contributed by atoms with E-state index in [1.807, 2.05) is 5.38 Å². The van der Waals surface area contributed by atoms with Gasteiger partial charge in [-0.05, 0) is 47.8 Å². The Bertz CT molecular complexity index is 1070. The van der Waals surface area contributed by atoms with Gasteiger partial charge in [0.1, 0.15) is 0 Å². The van der Waals surface area contributed by atoms with Gasteiger partial charge < -0.3 is 21.3 Å². The van der Waals surface area contributed by atoms with Gasteiger partial charge in [0.2, 0.25) is 5.91 Å². The molecule has 0 radical (unpaired) electrons. The van der Waals surface area contributed by atoms with E-state index in [2.05, 4.69) is 21.3 Å². The van der Waals surface area contributed by atoms with Crippen LogP contribution >= 0.6 is 11.3 Å². The number of hydrogen-bond donors (Lipinski definition) is 4. The van der Waals surface area contributed by atoms with E-state index in [1.54, 1.807) is 66.7 Å². The second-order valence-corrected chi connectivity index (χ2v) is 7.61. The fraction of sp³-hybridized carbons (Fsp3) is 0.130. The molecule has 0 aliphatic heterocycles. The minimum Gasteiger partial charge on any atom is -0.350 e. The molecule has 0 saturated carbocycles. The monoisotopic (exact) mass is 450 g/mol. The van der Waals surface area contributed by atoms with Crippen molar-refractivity contribution in [1.82, 2.24) is 16.0 Å². The molecular weight excluding hydrogens is 428 g/mol. The average Bonchev–Trinajstić information content (AvgIpc) is 3.36. The van der Waals surface area contributed by atoms with E-state index in [1.165, 1.54) is 11.3 Å². The van der Waals surface area contributed by atoms with Crippen molar-refractivity contribution in [2.24, 2.45) is 0 Å². The number of nitrogens with one attached hydrogen (secondary N) is 4. The molecule has 0 fully saturated rings. The van der Waals surface area contributed by atoms with Crippen molar-refractivity contribution in [3.63, 3.8) is 0 Å². The number of rotatable bonds is 9. The number of hydrogen-bond acceptors (Lipinski definition) is 5. The van der Waals surface area contributed by atoms with Crippen molar-refractivity contribution in [1.29, 1.82) is 0 Å². The Balaban J connectivity index is 1.38. The van der Waals surface area contributed by atoms with E-state index in [9.17, 15) is 19.2 Å². The van der Waals surface area contributed by atoms with Crippen LogP contribution in [-0.4, -0.2) is 43.3 Å². The lowest BCUT2D eigenvalue weighted by Crippen LogP contribution is -2.34. The zero-order valence-corrected chi connectivity index (χ0v) is 17.9. The molecule has 1 aromatic heterocycles. The number of thiophene rings is 1. The minimum absolute atomic E-state index is 0.172.